The van der Waals surface area contributed by atoms with Gasteiger partial charge in [0.25, 0.3) is 0 Å². The van der Waals surface area contributed by atoms with Crippen LogP contribution < -0.4 is 15.2 Å². The Morgan fingerprint density at radius 3 is 2.39 bits per heavy atom. The average Bonchev–Trinajstić information content (AvgIpc) is 2.58. The molecule has 4 heteroatoms. The van der Waals surface area contributed by atoms with Gasteiger partial charge in [-0.2, -0.15) is 0 Å². The molecule has 0 saturated heterocycles. The Labute approximate surface area is 142 Å². The van der Waals surface area contributed by atoms with Gasteiger partial charge in [0.1, 0.15) is 0 Å². The maximum Gasteiger partial charge on any atom is 0.161 e. The molecule has 1 atom stereocenters. The van der Waals surface area contributed by atoms with Crippen molar-refractivity contribution in [2.75, 3.05) is 33.4 Å². The van der Waals surface area contributed by atoms with Gasteiger partial charge in [-0.05, 0) is 43.6 Å². The molecule has 0 spiro atoms. The van der Waals surface area contributed by atoms with Gasteiger partial charge in [0.05, 0.1) is 13.7 Å². The number of hydrogen-bond donors (Lipinski definition) is 1. The molecule has 0 aliphatic rings. The van der Waals surface area contributed by atoms with Gasteiger partial charge in [0.15, 0.2) is 11.5 Å². The average molecular weight is 322 g/mol. The first-order valence-electron chi connectivity index (χ1n) is 8.96. The molecule has 1 aromatic carbocycles. The van der Waals surface area contributed by atoms with E-state index < -0.39 is 0 Å². The van der Waals surface area contributed by atoms with Crippen LogP contribution in [0.4, 0.5) is 0 Å². The zero-order valence-electron chi connectivity index (χ0n) is 15.3. The van der Waals surface area contributed by atoms with E-state index in [9.17, 15) is 0 Å². The van der Waals surface area contributed by atoms with Crippen LogP contribution in [0.25, 0.3) is 0 Å². The molecule has 23 heavy (non-hydrogen) atoms. The summed E-state index contributed by atoms with van der Waals surface area (Å²) >= 11 is 0. The number of likely N-dealkylation sites (N-methyl/N-ethyl adjacent to an activating group) is 1. The highest BCUT2D eigenvalue weighted by atomic mass is 16.5. The molecule has 0 aliphatic heterocycles. The van der Waals surface area contributed by atoms with Crippen molar-refractivity contribution in [2.24, 2.45) is 5.73 Å². The number of nitrogens with zero attached hydrogens (tertiary/aromatic N) is 1. The quantitative estimate of drug-likeness (QED) is 0.591. The van der Waals surface area contributed by atoms with Crippen molar-refractivity contribution in [1.82, 2.24) is 4.90 Å². The van der Waals surface area contributed by atoms with E-state index in [1.54, 1.807) is 7.11 Å². The summed E-state index contributed by atoms with van der Waals surface area (Å²) in [5, 5.41) is 0. The fourth-order valence-corrected chi connectivity index (χ4v) is 2.73. The Bertz CT molecular complexity index is 437. The van der Waals surface area contributed by atoms with Gasteiger partial charge in [-0.15, -0.1) is 0 Å². The van der Waals surface area contributed by atoms with Crippen LogP contribution in [0, 0.1) is 0 Å². The largest absolute Gasteiger partial charge is 0.493 e. The third kappa shape index (κ3) is 6.04. The van der Waals surface area contributed by atoms with E-state index in [1.807, 2.05) is 6.07 Å². The molecule has 0 saturated carbocycles. The third-order valence-corrected chi connectivity index (χ3v) is 4.20. The summed E-state index contributed by atoms with van der Waals surface area (Å²) in [7, 11) is 1.68. The van der Waals surface area contributed by atoms with Crippen molar-refractivity contribution in [1.29, 1.82) is 0 Å². The highest BCUT2D eigenvalue weighted by molar-refractivity contribution is 5.44. The molecule has 0 fully saturated rings. The molecule has 0 heterocycles. The van der Waals surface area contributed by atoms with Crippen molar-refractivity contribution >= 4 is 0 Å². The first-order chi connectivity index (χ1) is 11.2. The van der Waals surface area contributed by atoms with E-state index in [-0.39, 0.29) is 6.04 Å². The van der Waals surface area contributed by atoms with E-state index in [0.717, 1.165) is 44.0 Å². The smallest absolute Gasteiger partial charge is 0.161 e. The minimum atomic E-state index is 0.228. The molecule has 2 N–H and O–H groups in total. The lowest BCUT2D eigenvalue weighted by atomic mass is 10.0. The Kier molecular flexibility index (Phi) is 9.72. The topological polar surface area (TPSA) is 47.7 Å². The summed E-state index contributed by atoms with van der Waals surface area (Å²) in [5.74, 6) is 1.61. The van der Waals surface area contributed by atoms with Crippen molar-refractivity contribution in [3.8, 4) is 11.5 Å². The molecule has 132 valence electrons. The maximum absolute atomic E-state index is 6.08. The van der Waals surface area contributed by atoms with Gasteiger partial charge in [0.2, 0.25) is 0 Å². The number of hydrogen-bond acceptors (Lipinski definition) is 4. The summed E-state index contributed by atoms with van der Waals surface area (Å²) in [6.07, 6.45) is 4.56. The summed E-state index contributed by atoms with van der Waals surface area (Å²) in [6, 6.07) is 6.43. The lowest BCUT2D eigenvalue weighted by Crippen LogP contribution is -2.34. The summed E-state index contributed by atoms with van der Waals surface area (Å²) in [6.45, 7) is 9.98. The molecule has 0 aliphatic carbocycles. The van der Waals surface area contributed by atoms with Crippen LogP contribution >= 0.6 is 0 Å². The predicted molar refractivity (Wildman–Crippen MR) is 97.3 cm³/mol. The second-order valence-corrected chi connectivity index (χ2v) is 5.85. The van der Waals surface area contributed by atoms with Crippen LogP contribution in [0.2, 0.25) is 0 Å². The second kappa shape index (κ2) is 11.3. The van der Waals surface area contributed by atoms with Gasteiger partial charge in [-0.3, -0.25) is 4.90 Å². The molecule has 0 aromatic heterocycles. The number of unbranched alkanes of at least 4 members (excludes halogenated alkanes) is 2. The Morgan fingerprint density at radius 2 is 1.83 bits per heavy atom. The minimum absolute atomic E-state index is 0.228. The fraction of sp³-hybridized carbons (Fsp3) is 0.684. The third-order valence-electron chi connectivity index (χ3n) is 4.20. The Balaban J connectivity index is 2.96. The van der Waals surface area contributed by atoms with Crippen molar-refractivity contribution in [3.05, 3.63) is 23.8 Å². The van der Waals surface area contributed by atoms with Crippen molar-refractivity contribution in [2.45, 2.75) is 52.5 Å². The lowest BCUT2D eigenvalue weighted by molar-refractivity contribution is 0.208. The van der Waals surface area contributed by atoms with Crippen LogP contribution in [0.1, 0.15) is 58.1 Å². The van der Waals surface area contributed by atoms with Crippen molar-refractivity contribution in [3.63, 3.8) is 0 Å². The van der Waals surface area contributed by atoms with E-state index in [4.69, 9.17) is 15.2 Å². The van der Waals surface area contributed by atoms with E-state index >= 15 is 0 Å². The first kappa shape index (κ1) is 19.8. The molecule has 1 aromatic rings. The zero-order valence-corrected chi connectivity index (χ0v) is 15.3. The Morgan fingerprint density at radius 1 is 1.09 bits per heavy atom. The first-order valence-corrected chi connectivity index (χ1v) is 8.96. The lowest BCUT2D eigenvalue weighted by Gasteiger charge is -2.30. The van der Waals surface area contributed by atoms with Gasteiger partial charge in [0, 0.05) is 12.6 Å². The van der Waals surface area contributed by atoms with Crippen LogP contribution in [-0.2, 0) is 0 Å². The highest BCUT2D eigenvalue weighted by Crippen LogP contribution is 2.32. The monoisotopic (exact) mass is 322 g/mol. The van der Waals surface area contributed by atoms with Crippen LogP contribution in [-0.4, -0.2) is 38.3 Å². The van der Waals surface area contributed by atoms with Gasteiger partial charge in [-0.1, -0.05) is 39.7 Å². The highest BCUT2D eigenvalue weighted by Gasteiger charge is 2.19. The van der Waals surface area contributed by atoms with E-state index in [0.29, 0.717) is 6.54 Å². The SMILES string of the molecule is CCCCOc1cc(C(CN)N(CC)CCCC)ccc1OC. The maximum atomic E-state index is 6.08. The van der Waals surface area contributed by atoms with E-state index in [1.165, 1.54) is 18.4 Å². The number of rotatable bonds is 12. The zero-order chi connectivity index (χ0) is 17.1. The standard InChI is InChI=1S/C19H34N2O2/c1-5-8-12-21(7-3)17(15-20)16-10-11-18(22-4)19(14-16)23-13-9-6-2/h10-11,14,17H,5-9,12-13,15,20H2,1-4H3. The Hall–Kier alpha value is -1.26. The number of nitrogens with two attached hydrogens (primary N) is 1. The van der Waals surface area contributed by atoms with Crippen LogP contribution in [0.5, 0.6) is 11.5 Å². The number of methoxy groups -OCH3 is 1. The van der Waals surface area contributed by atoms with Crippen LogP contribution in [0.3, 0.4) is 0 Å². The summed E-state index contributed by atoms with van der Waals surface area (Å²) in [5.41, 5.74) is 7.29. The minimum Gasteiger partial charge on any atom is -0.493 e. The van der Waals surface area contributed by atoms with Gasteiger partial charge >= 0.3 is 0 Å². The second-order valence-electron chi connectivity index (χ2n) is 5.85. The van der Waals surface area contributed by atoms with Crippen LogP contribution in [0.15, 0.2) is 18.2 Å². The molecule has 1 unspecified atom stereocenters. The normalized spacial score (nSPS) is 12.4. The molecule has 0 radical (unpaired) electrons. The molecule has 0 amide bonds. The summed E-state index contributed by atoms with van der Waals surface area (Å²) < 4.78 is 11.3. The molecular weight excluding hydrogens is 288 g/mol. The molecular formula is C19H34N2O2. The number of benzene rings is 1. The molecule has 4 nitrogen and oxygen atoms in total. The van der Waals surface area contributed by atoms with Gasteiger partial charge in [-0.25, -0.2) is 0 Å². The predicted octanol–water partition coefficient (Wildman–Crippen LogP) is 4.00. The van der Waals surface area contributed by atoms with Crippen molar-refractivity contribution < 1.29 is 9.47 Å². The number of ether oxygens (including phenoxy) is 2. The summed E-state index contributed by atoms with van der Waals surface area (Å²) in [4.78, 5) is 2.45. The van der Waals surface area contributed by atoms with Gasteiger partial charge < -0.3 is 15.2 Å². The molecule has 0 bridgehead atoms. The molecule has 1 rings (SSSR count). The fourth-order valence-electron chi connectivity index (χ4n) is 2.73. The van der Waals surface area contributed by atoms with E-state index in [2.05, 4.69) is 37.8 Å².